The van der Waals surface area contributed by atoms with E-state index in [4.69, 9.17) is 37.0 Å². The van der Waals surface area contributed by atoms with E-state index in [-0.39, 0.29) is 25.7 Å². The van der Waals surface area contributed by atoms with Gasteiger partial charge in [-0.3, -0.25) is 37.3 Å². The molecule has 0 aromatic rings. The van der Waals surface area contributed by atoms with E-state index in [9.17, 15) is 43.2 Å². The molecule has 0 radical (unpaired) electrons. The maximum atomic E-state index is 13.1. The van der Waals surface area contributed by atoms with Crippen LogP contribution in [0.3, 0.4) is 0 Å². The third kappa shape index (κ3) is 74.0. The van der Waals surface area contributed by atoms with Crippen molar-refractivity contribution >= 4 is 39.5 Å². The molecule has 102 heavy (non-hydrogen) atoms. The van der Waals surface area contributed by atoms with Gasteiger partial charge in [-0.05, 0) is 116 Å². The first-order valence-corrected chi connectivity index (χ1v) is 43.1. The van der Waals surface area contributed by atoms with Gasteiger partial charge < -0.3 is 33.8 Å². The number of carbonyl (C=O) groups excluding carboxylic acids is 4. The molecule has 0 fully saturated rings. The predicted octanol–water partition coefficient (Wildman–Crippen LogP) is 23.3. The van der Waals surface area contributed by atoms with Crippen LogP contribution in [0.15, 0.2) is 109 Å². The summed E-state index contributed by atoms with van der Waals surface area (Å²) >= 11 is 0. The predicted molar refractivity (Wildman–Crippen MR) is 418 cm³/mol. The second-order valence-electron chi connectivity index (χ2n) is 26.6. The molecule has 19 heteroatoms. The van der Waals surface area contributed by atoms with E-state index < -0.39 is 97.5 Å². The number of aliphatic hydroxyl groups excluding tert-OH is 1. The lowest BCUT2D eigenvalue weighted by Crippen LogP contribution is -2.30. The van der Waals surface area contributed by atoms with Gasteiger partial charge in [0.25, 0.3) is 0 Å². The molecule has 0 heterocycles. The Kier molecular flexibility index (Phi) is 71.8. The number of aliphatic hydroxyl groups is 1. The van der Waals surface area contributed by atoms with Crippen LogP contribution in [0.4, 0.5) is 0 Å². The smallest absolute Gasteiger partial charge is 0.462 e. The average Bonchev–Trinajstić information content (AvgIpc) is 0.908. The van der Waals surface area contributed by atoms with Gasteiger partial charge in [0.2, 0.25) is 0 Å². The molecule has 0 aromatic carbocycles. The normalized spacial score (nSPS) is 14.5. The number of unbranched alkanes of at least 4 members (excludes halogenated alkanes) is 31. The van der Waals surface area contributed by atoms with Gasteiger partial charge in [-0.25, -0.2) is 9.13 Å². The van der Waals surface area contributed by atoms with Crippen molar-refractivity contribution in [1.29, 1.82) is 0 Å². The second-order valence-corrected chi connectivity index (χ2v) is 29.5. The van der Waals surface area contributed by atoms with Gasteiger partial charge in [0.05, 0.1) is 26.4 Å². The minimum atomic E-state index is -5.00. The monoisotopic (exact) mass is 1470 g/mol. The summed E-state index contributed by atoms with van der Waals surface area (Å²) in [7, 11) is -9.98. The molecule has 0 aromatic heterocycles. The zero-order valence-corrected chi connectivity index (χ0v) is 66.0. The zero-order valence-electron chi connectivity index (χ0n) is 64.3. The maximum Gasteiger partial charge on any atom is 0.472 e. The molecule has 0 amide bonds. The van der Waals surface area contributed by atoms with E-state index in [0.29, 0.717) is 32.1 Å². The Hall–Kier alpha value is -4.28. The van der Waals surface area contributed by atoms with Crippen LogP contribution in [0.2, 0.25) is 0 Å². The summed E-state index contributed by atoms with van der Waals surface area (Å²) < 4.78 is 68.5. The Bertz CT molecular complexity index is 2360. The fourth-order valence-electron chi connectivity index (χ4n) is 10.6. The first kappa shape index (κ1) is 97.7. The molecule has 5 unspecified atom stereocenters. The number of ether oxygens (including phenoxy) is 4. The SMILES string of the molecule is CC/C=C\C/C=C\C/C=C\C/C=C\C/C=C\C/C=C\CCC(=O)OCC(COP(=O)(O)OCC(O)COP(=O)(O)OCC(COC(=O)CCCCCCC/C=C\CCCCCCCC)OC(=O)CCCCCCCCCCCCCCCCC)OC(=O)CCCCCCC/C=C\C/C=C\CCC. The van der Waals surface area contributed by atoms with Crippen LogP contribution in [-0.2, 0) is 65.4 Å². The lowest BCUT2D eigenvalue weighted by atomic mass is 10.0. The lowest BCUT2D eigenvalue weighted by Gasteiger charge is -2.21. The van der Waals surface area contributed by atoms with E-state index in [2.05, 4.69) is 119 Å². The largest absolute Gasteiger partial charge is 0.472 e. The van der Waals surface area contributed by atoms with Crippen LogP contribution < -0.4 is 0 Å². The van der Waals surface area contributed by atoms with Gasteiger partial charge in [-0.15, -0.1) is 0 Å². The number of phosphoric ester groups is 2. The number of carbonyl (C=O) groups is 4. The van der Waals surface area contributed by atoms with Crippen LogP contribution in [0.1, 0.15) is 336 Å². The van der Waals surface area contributed by atoms with Crippen LogP contribution in [-0.4, -0.2) is 96.7 Å². The molecule has 0 saturated carbocycles. The molecule has 17 nitrogen and oxygen atoms in total. The van der Waals surface area contributed by atoms with Crippen molar-refractivity contribution in [2.24, 2.45) is 0 Å². The first-order valence-electron chi connectivity index (χ1n) is 40.1. The van der Waals surface area contributed by atoms with Gasteiger partial charge in [0.1, 0.15) is 19.3 Å². The highest BCUT2D eigenvalue weighted by atomic mass is 31.2. The molecule has 0 saturated heterocycles. The third-order valence-corrected chi connectivity index (χ3v) is 18.6. The van der Waals surface area contributed by atoms with E-state index in [0.717, 1.165) is 148 Å². The minimum absolute atomic E-state index is 0.0321. The van der Waals surface area contributed by atoms with Crippen molar-refractivity contribution in [2.75, 3.05) is 39.6 Å². The van der Waals surface area contributed by atoms with E-state index >= 15 is 0 Å². The fourth-order valence-corrected chi connectivity index (χ4v) is 12.2. The Labute approximate surface area is 619 Å². The third-order valence-electron chi connectivity index (χ3n) is 16.7. The molecule has 588 valence electrons. The number of hydrogen-bond acceptors (Lipinski definition) is 15. The number of allylic oxidation sites excluding steroid dienone is 18. The molecule has 3 N–H and O–H groups in total. The number of hydrogen-bond donors (Lipinski definition) is 3. The summed E-state index contributed by atoms with van der Waals surface area (Å²) in [4.78, 5) is 73.0. The molecule has 5 atom stereocenters. The molecule has 0 aliphatic heterocycles. The van der Waals surface area contributed by atoms with Crippen LogP contribution in [0, 0.1) is 0 Å². The van der Waals surface area contributed by atoms with Gasteiger partial charge >= 0.3 is 39.5 Å². The van der Waals surface area contributed by atoms with Crippen molar-refractivity contribution in [3.8, 4) is 0 Å². The van der Waals surface area contributed by atoms with Crippen LogP contribution in [0.25, 0.3) is 0 Å². The van der Waals surface area contributed by atoms with Gasteiger partial charge in [0, 0.05) is 25.7 Å². The average molecular weight is 1480 g/mol. The van der Waals surface area contributed by atoms with E-state index in [1.165, 1.54) is 103 Å². The summed E-state index contributed by atoms with van der Waals surface area (Å²) in [6, 6.07) is 0. The Morgan fingerprint density at radius 3 is 0.892 bits per heavy atom. The Morgan fingerprint density at radius 2 is 0.549 bits per heavy atom. The Morgan fingerprint density at radius 1 is 0.284 bits per heavy atom. The minimum Gasteiger partial charge on any atom is -0.462 e. The summed E-state index contributed by atoms with van der Waals surface area (Å²) in [6.45, 7) is 4.62. The Balaban J connectivity index is 5.40. The summed E-state index contributed by atoms with van der Waals surface area (Å²) in [5, 5.41) is 10.6. The first-order chi connectivity index (χ1) is 49.7. The fraction of sp³-hybridized carbons (Fsp3) is 0.735. The highest BCUT2D eigenvalue weighted by molar-refractivity contribution is 7.47. The summed E-state index contributed by atoms with van der Waals surface area (Å²) in [5.41, 5.74) is 0. The highest BCUT2D eigenvalue weighted by Crippen LogP contribution is 2.45. The van der Waals surface area contributed by atoms with E-state index in [1.807, 2.05) is 18.2 Å². The molecular weight excluding hydrogens is 1330 g/mol. The maximum absolute atomic E-state index is 13.1. The van der Waals surface area contributed by atoms with Crippen molar-refractivity contribution in [3.63, 3.8) is 0 Å². The van der Waals surface area contributed by atoms with Crippen molar-refractivity contribution < 1.29 is 80.2 Å². The summed E-state index contributed by atoms with van der Waals surface area (Å²) in [6.07, 6.45) is 80.8. The van der Waals surface area contributed by atoms with Crippen molar-refractivity contribution in [3.05, 3.63) is 109 Å². The zero-order chi connectivity index (χ0) is 74.6. The van der Waals surface area contributed by atoms with E-state index in [1.54, 1.807) is 0 Å². The molecule has 0 bridgehead atoms. The second kappa shape index (κ2) is 75.0. The van der Waals surface area contributed by atoms with Crippen molar-refractivity contribution in [1.82, 2.24) is 0 Å². The highest BCUT2D eigenvalue weighted by Gasteiger charge is 2.30. The van der Waals surface area contributed by atoms with Gasteiger partial charge in [0.15, 0.2) is 12.2 Å². The molecule has 0 spiro atoms. The molecule has 0 rings (SSSR count). The molecular formula is C83H144O17P2. The lowest BCUT2D eigenvalue weighted by molar-refractivity contribution is -0.161. The molecule has 0 aliphatic carbocycles. The number of esters is 4. The quantitative estimate of drug-likeness (QED) is 0.0169. The number of rotatable bonds is 75. The van der Waals surface area contributed by atoms with Crippen LogP contribution in [0.5, 0.6) is 0 Å². The van der Waals surface area contributed by atoms with Gasteiger partial charge in [-0.1, -0.05) is 304 Å². The summed E-state index contributed by atoms with van der Waals surface area (Å²) in [5.74, 6) is -2.28. The molecule has 0 aliphatic rings. The van der Waals surface area contributed by atoms with Crippen molar-refractivity contribution in [2.45, 2.75) is 354 Å². The van der Waals surface area contributed by atoms with Crippen LogP contribution >= 0.6 is 15.6 Å². The number of phosphoric acid groups is 2. The standard InChI is InChI=1S/C83H144O17P2/c1-5-9-13-17-21-25-29-33-36-37-38-39-42-45-48-52-56-60-64-68-81(86)94-73-78(99-82(87)69-65-61-57-53-49-43-32-28-24-20-16-12-8-4)75-97-101(89,90)95-71-77(84)72-96-102(91,92)98-76-79(100-83(88)70-66-62-58-54-50-46-41-35-31-27-23-19-15-11-7-3)74-93-80(85)67-63-59-55-51-47-44-40-34-30-26-22-18-14-10-6-2/h9,13,16,20-21,25,28,32-34,36,38-40,45,48,56,60,77-79,84H,5-8,10-12,14-15,17-19,22-24,26-27,29-31,35,37,41-44,46-47,49-55,57-59,61-76H2,1-4H3,(H,89,90)(H,91,92)/b13-9-,20-16-,25-21-,32-28-,36-33-,39-38-,40-34-,48-45-,60-56-. The van der Waals surface area contributed by atoms with Gasteiger partial charge in [-0.2, -0.15) is 0 Å². The topological polar surface area (TPSA) is 237 Å².